The van der Waals surface area contributed by atoms with Crippen LogP contribution in [0.1, 0.15) is 37.8 Å². The second-order valence-electron chi connectivity index (χ2n) is 6.72. The topological polar surface area (TPSA) is 3.24 Å². The van der Waals surface area contributed by atoms with Gasteiger partial charge in [0, 0.05) is 17.1 Å². The van der Waals surface area contributed by atoms with E-state index in [9.17, 15) is 0 Å². The summed E-state index contributed by atoms with van der Waals surface area (Å²) < 4.78 is 0. The summed E-state index contributed by atoms with van der Waals surface area (Å²) in [6.07, 6.45) is 6.65. The molecule has 0 unspecified atom stereocenters. The standard InChI is InChI=1S/C25H23N.C2H6/c1-20-12-14-21(15-13-20)22-16-18-25(19-17-22)26(23-8-4-2-5-9-23)24-10-6-3-7-11-24;1-2/h2-16,18H,17,19H2,1H3;1-2H3. The molecule has 1 nitrogen and oxygen atoms in total. The molecular weight excluding hydrogens is 338 g/mol. The lowest BCUT2D eigenvalue weighted by Crippen LogP contribution is -2.17. The molecule has 142 valence electrons. The van der Waals surface area contributed by atoms with Crippen LogP contribution in [0.25, 0.3) is 5.57 Å². The quantitative estimate of drug-likeness (QED) is 0.452. The number of anilines is 2. The number of aryl methyl sites for hydroxylation is 1. The largest absolute Gasteiger partial charge is 0.314 e. The van der Waals surface area contributed by atoms with Crippen molar-refractivity contribution in [3.63, 3.8) is 0 Å². The van der Waals surface area contributed by atoms with Crippen LogP contribution in [0.4, 0.5) is 11.4 Å². The van der Waals surface area contributed by atoms with Crippen LogP contribution in [0.2, 0.25) is 0 Å². The summed E-state index contributed by atoms with van der Waals surface area (Å²) in [7, 11) is 0. The Kier molecular flexibility index (Phi) is 6.86. The van der Waals surface area contributed by atoms with Crippen molar-refractivity contribution in [3.05, 3.63) is 114 Å². The Labute approximate surface area is 169 Å². The normalized spacial score (nSPS) is 13.0. The fraction of sp³-hybridized carbons (Fsp3) is 0.185. The first-order valence-electron chi connectivity index (χ1n) is 10.2. The van der Waals surface area contributed by atoms with Crippen LogP contribution in [0.15, 0.2) is 103 Å². The van der Waals surface area contributed by atoms with Crippen molar-refractivity contribution in [2.75, 3.05) is 4.90 Å². The van der Waals surface area contributed by atoms with Crippen LogP contribution in [0.3, 0.4) is 0 Å². The second-order valence-corrected chi connectivity index (χ2v) is 6.72. The third-order valence-electron chi connectivity index (χ3n) is 4.87. The molecule has 0 fully saturated rings. The first-order valence-corrected chi connectivity index (χ1v) is 10.2. The van der Waals surface area contributed by atoms with E-state index >= 15 is 0 Å². The number of para-hydroxylation sites is 2. The van der Waals surface area contributed by atoms with Gasteiger partial charge in [-0.1, -0.05) is 86.2 Å². The van der Waals surface area contributed by atoms with Gasteiger partial charge in [-0.25, -0.2) is 0 Å². The predicted octanol–water partition coefficient (Wildman–Crippen LogP) is 7.92. The molecule has 0 N–H and O–H groups in total. The summed E-state index contributed by atoms with van der Waals surface area (Å²) in [6.45, 7) is 6.13. The first-order chi connectivity index (χ1) is 13.8. The van der Waals surface area contributed by atoms with Crippen molar-refractivity contribution in [1.82, 2.24) is 0 Å². The van der Waals surface area contributed by atoms with E-state index in [-0.39, 0.29) is 0 Å². The number of nitrogens with zero attached hydrogens (tertiary/aromatic N) is 1. The maximum Gasteiger partial charge on any atom is 0.0458 e. The number of rotatable bonds is 4. The van der Waals surface area contributed by atoms with Gasteiger partial charge in [0.15, 0.2) is 0 Å². The zero-order chi connectivity index (χ0) is 19.8. The van der Waals surface area contributed by atoms with Crippen LogP contribution in [0, 0.1) is 6.92 Å². The number of allylic oxidation sites excluding steroid dienone is 4. The molecule has 1 aliphatic rings. The molecule has 0 radical (unpaired) electrons. The Bertz CT molecular complexity index is 880. The molecule has 0 aliphatic heterocycles. The van der Waals surface area contributed by atoms with E-state index in [1.807, 2.05) is 13.8 Å². The Morgan fingerprint density at radius 1 is 0.607 bits per heavy atom. The molecular formula is C27H29N. The molecule has 3 aromatic carbocycles. The molecule has 4 rings (SSSR count). The molecule has 1 heteroatoms. The molecule has 0 saturated heterocycles. The van der Waals surface area contributed by atoms with Crippen molar-refractivity contribution < 1.29 is 0 Å². The lowest BCUT2D eigenvalue weighted by molar-refractivity contribution is 0.930. The van der Waals surface area contributed by atoms with Crippen LogP contribution in [0.5, 0.6) is 0 Å². The maximum atomic E-state index is 2.36. The SMILES string of the molecule is CC.Cc1ccc(C2=CC=C(N(c3ccccc3)c3ccccc3)CC2)cc1. The van der Waals surface area contributed by atoms with E-state index in [4.69, 9.17) is 0 Å². The lowest BCUT2D eigenvalue weighted by Gasteiger charge is -2.29. The van der Waals surface area contributed by atoms with Crippen LogP contribution >= 0.6 is 0 Å². The smallest absolute Gasteiger partial charge is 0.0458 e. The van der Waals surface area contributed by atoms with E-state index in [0.29, 0.717) is 0 Å². The van der Waals surface area contributed by atoms with Gasteiger partial charge in [-0.3, -0.25) is 0 Å². The van der Waals surface area contributed by atoms with Gasteiger partial charge in [0.25, 0.3) is 0 Å². The summed E-state index contributed by atoms with van der Waals surface area (Å²) in [6, 6.07) is 30.1. The molecule has 0 amide bonds. The molecule has 28 heavy (non-hydrogen) atoms. The molecule has 1 aliphatic carbocycles. The van der Waals surface area contributed by atoms with E-state index in [1.165, 1.54) is 33.8 Å². The fourth-order valence-corrected chi connectivity index (χ4v) is 3.46. The Hall–Kier alpha value is -3.06. The molecule has 0 aromatic heterocycles. The first kappa shape index (κ1) is 19.7. The minimum atomic E-state index is 1.03. The van der Waals surface area contributed by atoms with E-state index in [0.717, 1.165) is 12.8 Å². The summed E-state index contributed by atoms with van der Waals surface area (Å²) in [5.41, 5.74) is 7.79. The van der Waals surface area contributed by atoms with Crippen molar-refractivity contribution in [3.8, 4) is 0 Å². The number of benzene rings is 3. The van der Waals surface area contributed by atoms with Crippen molar-refractivity contribution >= 4 is 16.9 Å². The summed E-state index contributed by atoms with van der Waals surface area (Å²) >= 11 is 0. The molecule has 3 aromatic rings. The monoisotopic (exact) mass is 367 g/mol. The highest BCUT2D eigenvalue weighted by Crippen LogP contribution is 2.35. The highest BCUT2D eigenvalue weighted by atomic mass is 15.1. The minimum Gasteiger partial charge on any atom is -0.314 e. The van der Waals surface area contributed by atoms with Gasteiger partial charge in [-0.05, 0) is 61.2 Å². The van der Waals surface area contributed by atoms with Crippen molar-refractivity contribution in [2.24, 2.45) is 0 Å². The van der Waals surface area contributed by atoms with Gasteiger partial charge in [0.1, 0.15) is 0 Å². The Morgan fingerprint density at radius 3 is 1.61 bits per heavy atom. The van der Waals surface area contributed by atoms with Crippen LogP contribution < -0.4 is 4.90 Å². The van der Waals surface area contributed by atoms with Gasteiger partial charge in [0.05, 0.1) is 0 Å². The van der Waals surface area contributed by atoms with Crippen molar-refractivity contribution in [1.29, 1.82) is 0 Å². The van der Waals surface area contributed by atoms with E-state index < -0.39 is 0 Å². The van der Waals surface area contributed by atoms with Gasteiger partial charge in [-0.15, -0.1) is 0 Å². The Morgan fingerprint density at radius 2 is 1.14 bits per heavy atom. The highest BCUT2D eigenvalue weighted by Gasteiger charge is 2.17. The zero-order valence-electron chi connectivity index (χ0n) is 17.1. The third-order valence-corrected chi connectivity index (χ3v) is 4.87. The Balaban J connectivity index is 0.00000109. The summed E-state index contributed by atoms with van der Waals surface area (Å²) in [5, 5.41) is 0. The lowest BCUT2D eigenvalue weighted by atomic mass is 9.94. The molecule has 0 spiro atoms. The predicted molar refractivity (Wildman–Crippen MR) is 123 cm³/mol. The van der Waals surface area contributed by atoms with Crippen LogP contribution in [-0.4, -0.2) is 0 Å². The molecule has 0 bridgehead atoms. The summed E-state index contributed by atoms with van der Waals surface area (Å²) in [4.78, 5) is 2.36. The fourth-order valence-electron chi connectivity index (χ4n) is 3.46. The summed E-state index contributed by atoms with van der Waals surface area (Å²) in [5.74, 6) is 0. The van der Waals surface area contributed by atoms with E-state index in [1.54, 1.807) is 0 Å². The average molecular weight is 368 g/mol. The number of hydrogen-bond donors (Lipinski definition) is 0. The van der Waals surface area contributed by atoms with Gasteiger partial charge in [0.2, 0.25) is 0 Å². The second kappa shape index (κ2) is 9.75. The van der Waals surface area contributed by atoms with Crippen molar-refractivity contribution in [2.45, 2.75) is 33.6 Å². The molecule has 0 atom stereocenters. The minimum absolute atomic E-state index is 1.03. The highest BCUT2D eigenvalue weighted by molar-refractivity contribution is 5.73. The number of hydrogen-bond acceptors (Lipinski definition) is 1. The average Bonchev–Trinajstić information content (AvgIpc) is 2.78. The van der Waals surface area contributed by atoms with Crippen LogP contribution in [-0.2, 0) is 0 Å². The zero-order valence-corrected chi connectivity index (χ0v) is 17.1. The third kappa shape index (κ3) is 4.61. The maximum absolute atomic E-state index is 2.36. The molecule has 0 heterocycles. The van der Waals surface area contributed by atoms with E-state index in [2.05, 4.69) is 109 Å². The molecule has 0 saturated carbocycles. The van der Waals surface area contributed by atoms with Gasteiger partial charge in [-0.2, -0.15) is 0 Å². The van der Waals surface area contributed by atoms with Gasteiger partial charge >= 0.3 is 0 Å². The van der Waals surface area contributed by atoms with Gasteiger partial charge < -0.3 is 4.90 Å².